The van der Waals surface area contributed by atoms with Crippen molar-refractivity contribution in [2.24, 2.45) is 0 Å². The van der Waals surface area contributed by atoms with Gasteiger partial charge >= 0.3 is 6.03 Å². The number of nitrogens with zero attached hydrogens (tertiary/aromatic N) is 3. The fraction of sp³-hybridized carbons (Fsp3) is 0.500. The Bertz CT molecular complexity index is 1000. The molecular weight excluding hydrogens is 446 g/mol. The Balaban J connectivity index is 1.27. The summed E-state index contributed by atoms with van der Waals surface area (Å²) in [5.41, 5.74) is 4.16. The lowest BCUT2D eigenvalue weighted by molar-refractivity contribution is 0.0951. The van der Waals surface area contributed by atoms with Gasteiger partial charge in [-0.3, -0.25) is 9.69 Å². The average Bonchev–Trinajstić information content (AvgIpc) is 3.10. The number of urea groups is 1. The molecule has 34 heavy (non-hydrogen) atoms. The minimum absolute atomic E-state index is 0.0761. The third kappa shape index (κ3) is 6.30. The van der Waals surface area contributed by atoms with Crippen molar-refractivity contribution >= 4 is 35.1 Å². The van der Waals surface area contributed by atoms with Crippen molar-refractivity contribution in [1.29, 1.82) is 0 Å². The molecule has 0 atom stereocenters. The number of carbonyl (C=O) groups excluding carboxylic acids is 2. The van der Waals surface area contributed by atoms with Crippen molar-refractivity contribution in [3.8, 4) is 0 Å². The van der Waals surface area contributed by atoms with Crippen LogP contribution in [0.1, 0.15) is 53.7 Å². The number of fused-ring (bicyclic) bond motifs is 1. The normalized spacial score (nSPS) is 16.5. The topological polar surface area (TPSA) is 77.6 Å². The maximum Gasteiger partial charge on any atom is 0.326 e. The van der Waals surface area contributed by atoms with Crippen molar-refractivity contribution in [1.82, 2.24) is 15.2 Å². The maximum absolute atomic E-state index is 13.0. The molecule has 3 amide bonds. The monoisotopic (exact) mass is 481 g/mol. The molecule has 3 heterocycles. The highest BCUT2D eigenvalue weighted by Gasteiger charge is 2.26. The molecule has 0 spiro atoms. The summed E-state index contributed by atoms with van der Waals surface area (Å²) in [5, 5.41) is 6.89. The summed E-state index contributed by atoms with van der Waals surface area (Å²) in [6.07, 6.45) is 6.21. The molecule has 0 saturated carbocycles. The molecule has 7 nitrogen and oxygen atoms in total. The molecule has 2 N–H and O–H groups in total. The second-order valence-corrected chi connectivity index (χ2v) is 10.2. The summed E-state index contributed by atoms with van der Waals surface area (Å²) in [4.78, 5) is 34.4. The van der Waals surface area contributed by atoms with Gasteiger partial charge in [-0.15, -0.1) is 11.8 Å². The molecule has 4 rings (SSSR count). The Labute approximate surface area is 206 Å². The molecule has 1 fully saturated rings. The van der Waals surface area contributed by atoms with Crippen LogP contribution in [0.2, 0.25) is 0 Å². The van der Waals surface area contributed by atoms with E-state index in [1.54, 1.807) is 40.9 Å². The third-order valence-corrected chi connectivity index (χ3v) is 7.33. The summed E-state index contributed by atoms with van der Waals surface area (Å²) in [7, 11) is 0. The first-order valence-corrected chi connectivity index (χ1v) is 13.3. The smallest absolute Gasteiger partial charge is 0.326 e. The maximum atomic E-state index is 13.0. The highest BCUT2D eigenvalue weighted by atomic mass is 32.2. The van der Waals surface area contributed by atoms with E-state index in [1.807, 2.05) is 19.9 Å². The van der Waals surface area contributed by atoms with Crippen molar-refractivity contribution in [2.75, 3.05) is 48.7 Å². The molecule has 8 heteroatoms. The number of anilines is 2. The molecular formula is C26H35N5O2S. The summed E-state index contributed by atoms with van der Waals surface area (Å²) in [6, 6.07) is 8.91. The first kappa shape index (κ1) is 24.5. The number of nitrogens with one attached hydrogen (secondary N) is 2. The molecule has 0 bridgehead atoms. The van der Waals surface area contributed by atoms with Crippen LogP contribution < -0.4 is 15.5 Å². The van der Waals surface area contributed by atoms with Crippen molar-refractivity contribution in [3.05, 3.63) is 47.2 Å². The number of benzene rings is 1. The zero-order valence-electron chi connectivity index (χ0n) is 20.2. The number of aryl methyl sites for hydroxylation is 2. The number of pyridine rings is 1. The molecule has 182 valence electrons. The minimum atomic E-state index is -0.180. The van der Waals surface area contributed by atoms with E-state index >= 15 is 0 Å². The molecule has 2 aliphatic rings. The number of likely N-dealkylation sites (tertiary alicyclic amines) is 1. The van der Waals surface area contributed by atoms with Crippen LogP contribution in [-0.2, 0) is 0 Å². The van der Waals surface area contributed by atoms with E-state index in [0.717, 1.165) is 40.7 Å². The Hall–Kier alpha value is -2.58. The summed E-state index contributed by atoms with van der Waals surface area (Å²) in [6.45, 7) is 8.69. The van der Waals surface area contributed by atoms with Crippen LogP contribution in [0.4, 0.5) is 16.2 Å². The molecule has 0 aliphatic carbocycles. The predicted molar refractivity (Wildman–Crippen MR) is 139 cm³/mol. The van der Waals surface area contributed by atoms with Gasteiger partial charge in [-0.2, -0.15) is 0 Å². The number of aromatic nitrogens is 1. The molecule has 2 aliphatic heterocycles. The number of rotatable bonds is 6. The summed E-state index contributed by atoms with van der Waals surface area (Å²) in [5.74, 6) is 0.737. The summed E-state index contributed by atoms with van der Waals surface area (Å²) < 4.78 is 0. The average molecular weight is 482 g/mol. The van der Waals surface area contributed by atoms with Crippen LogP contribution in [0.15, 0.2) is 35.4 Å². The van der Waals surface area contributed by atoms with Crippen molar-refractivity contribution in [3.63, 3.8) is 0 Å². The second kappa shape index (κ2) is 11.7. The minimum Gasteiger partial charge on any atom is -0.352 e. The van der Waals surface area contributed by atoms with Gasteiger partial charge in [0.2, 0.25) is 0 Å². The van der Waals surface area contributed by atoms with E-state index < -0.39 is 0 Å². The Kier molecular flexibility index (Phi) is 8.45. The number of carbonyl (C=O) groups is 2. The second-order valence-electron chi connectivity index (χ2n) is 9.11. The van der Waals surface area contributed by atoms with Crippen LogP contribution >= 0.6 is 11.8 Å². The van der Waals surface area contributed by atoms with E-state index in [0.29, 0.717) is 24.3 Å². The standard InChI is InChI=1S/C26H35N5O2S/c1-19-18-20(2)28-25-23(19)31(16-17-34-25)26(33)29-22-10-8-21(9-11-22)24(32)27-12-7-15-30-13-5-3-4-6-14-30/h8-11,18H,3-7,12-17H2,1-2H3,(H,27,32)(H,29,33). The van der Waals surface area contributed by atoms with Gasteiger partial charge in [0.25, 0.3) is 5.91 Å². The molecule has 1 saturated heterocycles. The van der Waals surface area contributed by atoms with Gasteiger partial charge in [0.15, 0.2) is 0 Å². The van der Waals surface area contributed by atoms with E-state index in [4.69, 9.17) is 0 Å². The molecule has 0 radical (unpaired) electrons. The zero-order valence-corrected chi connectivity index (χ0v) is 21.0. The lowest BCUT2D eigenvalue weighted by atomic mass is 10.2. The Morgan fingerprint density at radius 1 is 1.03 bits per heavy atom. The van der Waals surface area contributed by atoms with Gasteiger partial charge in [-0.05, 0) is 88.6 Å². The highest BCUT2D eigenvalue weighted by Crippen LogP contribution is 2.36. The van der Waals surface area contributed by atoms with Gasteiger partial charge in [0.1, 0.15) is 5.03 Å². The van der Waals surface area contributed by atoms with E-state index in [-0.39, 0.29) is 11.9 Å². The fourth-order valence-corrected chi connectivity index (χ4v) is 5.72. The number of hydrogen-bond acceptors (Lipinski definition) is 5. The van der Waals surface area contributed by atoms with Gasteiger partial charge in [-0.25, -0.2) is 9.78 Å². The van der Waals surface area contributed by atoms with Crippen LogP contribution in [0.5, 0.6) is 0 Å². The van der Waals surface area contributed by atoms with Gasteiger partial charge in [-0.1, -0.05) is 12.8 Å². The first-order valence-electron chi connectivity index (χ1n) is 12.3. The molecule has 1 aromatic carbocycles. The lowest BCUT2D eigenvalue weighted by Gasteiger charge is -2.30. The van der Waals surface area contributed by atoms with Crippen molar-refractivity contribution in [2.45, 2.75) is 51.0 Å². The molecule has 1 aromatic heterocycles. The van der Waals surface area contributed by atoms with E-state index in [9.17, 15) is 9.59 Å². The molecule has 0 unspecified atom stereocenters. The SMILES string of the molecule is Cc1cc(C)c2c(n1)SCCN2C(=O)Nc1ccc(C(=O)NCCCN2CCCCCC2)cc1. The lowest BCUT2D eigenvalue weighted by Crippen LogP contribution is -2.39. The van der Waals surface area contributed by atoms with Gasteiger partial charge < -0.3 is 15.5 Å². The van der Waals surface area contributed by atoms with Crippen LogP contribution in [0, 0.1) is 13.8 Å². The third-order valence-electron chi connectivity index (χ3n) is 6.38. The quantitative estimate of drug-likeness (QED) is 0.578. The van der Waals surface area contributed by atoms with E-state index in [2.05, 4.69) is 20.5 Å². The van der Waals surface area contributed by atoms with Crippen LogP contribution in [0.25, 0.3) is 0 Å². The van der Waals surface area contributed by atoms with Gasteiger partial charge in [0, 0.05) is 35.8 Å². The fourth-order valence-electron chi connectivity index (χ4n) is 4.64. The molecule has 2 aromatic rings. The number of thioether (sulfide) groups is 1. The van der Waals surface area contributed by atoms with E-state index in [1.165, 1.54) is 38.8 Å². The highest BCUT2D eigenvalue weighted by molar-refractivity contribution is 7.99. The number of hydrogen-bond donors (Lipinski definition) is 2. The zero-order chi connectivity index (χ0) is 23.9. The predicted octanol–water partition coefficient (Wildman–Crippen LogP) is 4.84. The Morgan fingerprint density at radius 3 is 2.50 bits per heavy atom. The van der Waals surface area contributed by atoms with Crippen LogP contribution in [-0.4, -0.2) is 60.3 Å². The summed E-state index contributed by atoms with van der Waals surface area (Å²) >= 11 is 1.69. The Morgan fingerprint density at radius 2 is 1.76 bits per heavy atom. The van der Waals surface area contributed by atoms with Crippen LogP contribution in [0.3, 0.4) is 0 Å². The van der Waals surface area contributed by atoms with Gasteiger partial charge in [0.05, 0.1) is 5.69 Å². The van der Waals surface area contributed by atoms with Crippen molar-refractivity contribution < 1.29 is 9.59 Å². The number of amides is 3. The first-order chi connectivity index (χ1) is 16.5. The largest absolute Gasteiger partial charge is 0.352 e.